The fraction of sp³-hybridized carbons (Fsp3) is 0.462. The number of hydrogen-bond acceptors (Lipinski definition) is 4. The quantitative estimate of drug-likeness (QED) is 0.0553. The Bertz CT molecular complexity index is 4280. The first-order valence-corrected chi connectivity index (χ1v) is 40.3. The van der Waals surface area contributed by atoms with E-state index < -0.39 is 30.5 Å². The van der Waals surface area contributed by atoms with Gasteiger partial charge in [-0.15, -0.1) is 8.07 Å². The van der Waals surface area contributed by atoms with Crippen LogP contribution in [-0.4, -0.2) is 52.2 Å². The molecule has 3 N–H and O–H groups in total. The minimum Gasteiger partial charge on any atom is -0.505 e. The molecule has 0 atom stereocenters. The second-order valence-corrected chi connectivity index (χ2v) is 43.3. The van der Waals surface area contributed by atoms with Gasteiger partial charge in [-0.3, -0.25) is 0 Å². The molecule has 7 nitrogen and oxygen atoms in total. The first-order chi connectivity index (χ1) is 46.3. The number of aryl methyl sites for hydroxylation is 2. The van der Waals surface area contributed by atoms with Gasteiger partial charge in [-0.2, -0.15) is 0 Å². The van der Waals surface area contributed by atoms with E-state index in [1.165, 1.54) is 37.1 Å². The van der Waals surface area contributed by atoms with Crippen LogP contribution in [0.1, 0.15) is 223 Å². The maximum absolute atomic E-state index is 16.5. The summed E-state index contributed by atoms with van der Waals surface area (Å²) >= 11 is 0. The molecule has 0 amide bonds. The Morgan fingerprint density at radius 1 is 0.412 bits per heavy atom. The van der Waals surface area contributed by atoms with Crippen molar-refractivity contribution in [2.24, 2.45) is 10.8 Å². The van der Waals surface area contributed by atoms with Crippen molar-refractivity contribution < 1.29 is 59.0 Å². The number of nitrogens with zero attached hydrogens (tertiary/aromatic N) is 2. The summed E-state index contributed by atoms with van der Waals surface area (Å²) in [5.41, 5.74) is 12.3. The molecule has 8 aromatic carbocycles. The molecule has 0 bridgehead atoms. The number of aromatic hydroxyl groups is 2. The molecule has 11 rings (SSSR count). The largest absolute Gasteiger partial charge is 0.505 e. The Labute approximate surface area is 631 Å². The van der Waals surface area contributed by atoms with E-state index in [1.807, 2.05) is 12.1 Å². The van der Waals surface area contributed by atoms with Gasteiger partial charge in [0.2, 0.25) is 6.79 Å². The zero-order chi connectivity index (χ0) is 75.0. The molecule has 3 heterocycles. The maximum atomic E-state index is 16.5. The van der Waals surface area contributed by atoms with Gasteiger partial charge in [-0.05, 0) is 187 Å². The van der Waals surface area contributed by atoms with Crippen molar-refractivity contribution in [3.05, 3.63) is 184 Å². The zero-order valence-electron chi connectivity index (χ0n) is 67.1. The normalized spacial score (nSPS) is 13.7. The minimum atomic E-state index is -0.861. The first-order valence-electron chi connectivity index (χ1n) is 36.6. The van der Waals surface area contributed by atoms with Crippen molar-refractivity contribution in [3.63, 3.8) is 0 Å². The molecule has 545 valence electrons. The van der Waals surface area contributed by atoms with Crippen LogP contribution in [0.5, 0.6) is 23.0 Å². The van der Waals surface area contributed by atoms with E-state index in [0.29, 0.717) is 56.3 Å². The van der Waals surface area contributed by atoms with E-state index in [2.05, 4.69) is 277 Å². The fourth-order valence-corrected chi connectivity index (χ4v) is 15.0. The van der Waals surface area contributed by atoms with Crippen molar-refractivity contribution in [2.75, 3.05) is 20.0 Å². The summed E-state index contributed by atoms with van der Waals surface area (Å²) in [5, 5.41) is 30.9. The van der Waals surface area contributed by atoms with Crippen LogP contribution in [0, 0.1) is 42.9 Å². The van der Waals surface area contributed by atoms with Gasteiger partial charge in [0, 0.05) is 82.5 Å². The van der Waals surface area contributed by atoms with Crippen LogP contribution in [0.3, 0.4) is 0 Å². The van der Waals surface area contributed by atoms with Crippen LogP contribution in [0.2, 0.25) is 19.6 Å². The number of phenols is 2. The summed E-state index contributed by atoms with van der Waals surface area (Å²) in [6.45, 7) is 64.9. The molecule has 1 aliphatic heterocycles. The Morgan fingerprint density at radius 2 is 0.686 bits per heavy atom. The molecule has 1 saturated heterocycles. The van der Waals surface area contributed by atoms with E-state index in [-0.39, 0.29) is 76.6 Å². The van der Waals surface area contributed by atoms with Gasteiger partial charge in [0.25, 0.3) is 0 Å². The third-order valence-electron chi connectivity index (χ3n) is 19.5. The van der Waals surface area contributed by atoms with Crippen LogP contribution in [0.4, 0.5) is 8.78 Å². The molecule has 10 aromatic rings. The summed E-state index contributed by atoms with van der Waals surface area (Å²) in [4.78, 5) is 0. The molecular formula is C91H120F2N2O5ScSi. The number of halogens is 2. The Kier molecular flexibility index (Phi) is 23.4. The molecule has 102 heavy (non-hydrogen) atoms. The molecule has 0 unspecified atom stereocenters. The van der Waals surface area contributed by atoms with Gasteiger partial charge in [0.15, 0.2) is 0 Å². The maximum Gasteiger partial charge on any atom is 0.230 e. The van der Waals surface area contributed by atoms with Gasteiger partial charge < -0.3 is 40.1 Å². The average molecular weight is 1430 g/mol. The minimum absolute atomic E-state index is 0. The van der Waals surface area contributed by atoms with E-state index in [4.69, 9.17) is 9.47 Å². The molecule has 1 aliphatic rings. The molecule has 11 heteroatoms. The van der Waals surface area contributed by atoms with E-state index in [1.54, 1.807) is 13.8 Å². The smallest absolute Gasteiger partial charge is 0.230 e. The molecule has 0 aliphatic carbocycles. The van der Waals surface area contributed by atoms with Crippen LogP contribution < -0.4 is 9.47 Å². The van der Waals surface area contributed by atoms with E-state index in [9.17, 15) is 10.2 Å². The average Bonchev–Trinajstić information content (AvgIpc) is 1.54. The van der Waals surface area contributed by atoms with Crippen molar-refractivity contribution in [3.8, 4) is 56.6 Å². The molecule has 0 spiro atoms. The number of aromatic nitrogens is 2. The molecular weight excluding hydrogens is 1310 g/mol. The van der Waals surface area contributed by atoms with Crippen LogP contribution in [-0.2, 0) is 58.3 Å². The van der Waals surface area contributed by atoms with Crippen LogP contribution >= 0.6 is 0 Å². The number of hydrogen-bond donors (Lipinski definition) is 2. The molecule has 0 saturated carbocycles. The number of phenolic OH excluding ortho intramolecular Hbond substituents is 2. The van der Waals surface area contributed by atoms with Gasteiger partial charge in [0.05, 0.1) is 33.4 Å². The van der Waals surface area contributed by atoms with Crippen LogP contribution in [0.25, 0.3) is 77.2 Å². The predicted octanol–water partition coefficient (Wildman–Crippen LogP) is 25.6. The SMILES string of the molecule is C1CC[OH+]C1.Cc1cc(F)cc(-c2cc(C(C)(C)CC(C)(C)C)cc(-n3c4cc(C(C)(C)C)ccc4c4ccc(C(C)(C)C)cc43)c2O)c1OCOc1c(C)cc(F)cc1-c1cc(C(C)(C)CC(C)(C)C)cc(-n2c3cc(C(C)(C)C)ccc3c3ccc(C(C)(C)C)cc32)c1O.[CH2-][Si](C)(C)C.[Sc]. The summed E-state index contributed by atoms with van der Waals surface area (Å²) < 4.78 is 55.1. The van der Waals surface area contributed by atoms with Crippen molar-refractivity contribution >= 4 is 51.7 Å². The van der Waals surface area contributed by atoms with E-state index >= 15 is 8.78 Å². The molecule has 1 fully saturated rings. The topological polar surface area (TPSA) is 81.6 Å². The Balaban J connectivity index is 0.00000111. The van der Waals surface area contributed by atoms with E-state index in [0.717, 1.165) is 103 Å². The summed E-state index contributed by atoms with van der Waals surface area (Å²) in [5.74, 6) is -0.421. The summed E-state index contributed by atoms with van der Waals surface area (Å²) in [6.07, 6.45) is 4.28. The number of ether oxygens (including phenoxy) is 3. The zero-order valence-corrected chi connectivity index (χ0v) is 69.9. The Morgan fingerprint density at radius 3 is 0.922 bits per heavy atom. The van der Waals surface area contributed by atoms with Gasteiger partial charge in [0.1, 0.15) is 47.8 Å². The predicted molar refractivity (Wildman–Crippen MR) is 430 cm³/mol. The number of aliphatic hydroxyl groups is 2. The second kappa shape index (κ2) is 29.4. The third kappa shape index (κ3) is 18.4. The third-order valence-corrected chi connectivity index (χ3v) is 19.5. The Hall–Kier alpha value is -6.53. The van der Waals surface area contributed by atoms with Gasteiger partial charge in [-0.1, -0.05) is 220 Å². The summed E-state index contributed by atoms with van der Waals surface area (Å²) in [7, 11) is -0.861. The fourth-order valence-electron chi connectivity index (χ4n) is 15.0. The number of rotatable bonds is 12. The monoisotopic (exact) mass is 1430 g/mol. The number of fused-ring (bicyclic) bond motifs is 6. The first kappa shape index (κ1) is 81.1. The molecule has 2 aromatic heterocycles. The van der Waals surface area contributed by atoms with Crippen LogP contribution in [0.15, 0.2) is 121 Å². The van der Waals surface area contributed by atoms with Crippen molar-refractivity contribution in [1.29, 1.82) is 0 Å². The van der Waals surface area contributed by atoms with Gasteiger partial charge >= 0.3 is 0 Å². The number of benzene rings is 8. The van der Waals surface area contributed by atoms with Crippen molar-refractivity contribution in [2.45, 2.75) is 244 Å². The summed E-state index contributed by atoms with van der Waals surface area (Å²) in [6, 6.07) is 40.6. The standard InChI is InChI=1S/C83H100F2N2O4.C4H8O.C4H11Si.Sc/c1-48-33-56(84)43-64(62-35-54(82(21,22)45-76(3,4)5)41-70(72(62)88)86-66-37-50(78(9,10)11)25-29-58(66)59-30-26-51(38-67(59)86)79(12,13)14)74(48)90-47-91-75-49(2)34-57(85)44-65(75)63-36-55(83(23,24)46-77(6,7)8)42-71(73(63)89)87-68-39-52(80(15,16)17)27-31-60(68)61-32-28-53(40-69(61)87)81(18,19)20;1-2-4-5-3-1;1-5(2,3)4;/h25-44,88-89H,45-47H2,1-24H3;1-4H2;1H2,2-4H3;/q;;-1;/p+1. The van der Waals surface area contributed by atoms with Crippen molar-refractivity contribution in [1.82, 2.24) is 9.13 Å². The second-order valence-electron chi connectivity index (χ2n) is 38.2. The molecule has 1 radical (unpaired) electrons. The van der Waals surface area contributed by atoms with Gasteiger partial charge in [-0.25, -0.2) is 8.78 Å².